The van der Waals surface area contributed by atoms with Gasteiger partial charge in [0.15, 0.2) is 6.10 Å². The molecular weight excluding hydrogens is 741 g/mol. The number of esters is 1. The Balaban J connectivity index is 4.53. The van der Waals surface area contributed by atoms with E-state index >= 15 is 0 Å². The number of rotatable bonds is 41. The van der Waals surface area contributed by atoms with Crippen LogP contribution in [0, 0.1) is 0 Å². The van der Waals surface area contributed by atoms with Crippen LogP contribution in [0.3, 0.4) is 0 Å². The summed E-state index contributed by atoms with van der Waals surface area (Å²) >= 11 is 0. The maximum absolute atomic E-state index is 12.7. The number of nitrogens with zero attached hydrogens (tertiary/aromatic N) is 1. The summed E-state index contributed by atoms with van der Waals surface area (Å²) < 4.78 is 34.5. The molecule has 334 valence electrons. The molecule has 0 radical (unpaired) electrons. The number of phosphoric acid groups is 1. The van der Waals surface area contributed by atoms with Gasteiger partial charge >= 0.3 is 13.8 Å². The van der Waals surface area contributed by atoms with Crippen LogP contribution < -0.4 is 0 Å². The first-order valence-electron chi connectivity index (χ1n) is 22.6. The number of ether oxygens (including phenoxy) is 2. The minimum absolute atomic E-state index is 0.000284. The fourth-order valence-electron chi connectivity index (χ4n) is 5.97. The average molecular weight is 829 g/mol. The van der Waals surface area contributed by atoms with Gasteiger partial charge in [0.05, 0.1) is 46.2 Å². The molecule has 0 aliphatic heterocycles. The van der Waals surface area contributed by atoms with Gasteiger partial charge in [0.1, 0.15) is 19.8 Å². The Kier molecular flexibility index (Phi) is 37.2. The van der Waals surface area contributed by atoms with Crippen molar-refractivity contribution in [3.63, 3.8) is 0 Å². The summed E-state index contributed by atoms with van der Waals surface area (Å²) in [7, 11) is 1.46. The molecule has 0 amide bonds. The molecule has 0 saturated carbocycles. The van der Waals surface area contributed by atoms with Crippen LogP contribution in [0.5, 0.6) is 0 Å². The number of likely N-dealkylation sites (N-methyl/N-ethyl adjacent to an activating group) is 1. The second kappa shape index (κ2) is 38.4. The van der Waals surface area contributed by atoms with Gasteiger partial charge in [0, 0.05) is 6.42 Å². The smallest absolute Gasteiger partial charge is 0.472 e. The fourth-order valence-corrected chi connectivity index (χ4v) is 6.72. The predicted molar refractivity (Wildman–Crippen MR) is 236 cm³/mol. The highest BCUT2D eigenvalue weighted by Gasteiger charge is 2.26. The molecule has 0 spiro atoms. The Hall–Kier alpha value is -1.78. The molecule has 57 heavy (non-hydrogen) atoms. The maximum atomic E-state index is 12.7. The molecule has 3 unspecified atom stereocenters. The summed E-state index contributed by atoms with van der Waals surface area (Å²) in [6.07, 6.45) is 39.8. The van der Waals surface area contributed by atoms with Crippen molar-refractivity contribution in [3.8, 4) is 0 Å². The van der Waals surface area contributed by atoms with Gasteiger partial charge in [0.2, 0.25) is 0 Å². The lowest BCUT2D eigenvalue weighted by atomic mass is 10.0. The molecule has 4 atom stereocenters. The molecule has 0 aromatic carbocycles. The van der Waals surface area contributed by atoms with E-state index < -0.39 is 32.1 Å². The zero-order valence-corrected chi connectivity index (χ0v) is 37.9. The summed E-state index contributed by atoms with van der Waals surface area (Å²) in [5.41, 5.74) is 0. The first-order chi connectivity index (χ1) is 27.4. The van der Waals surface area contributed by atoms with E-state index in [1.165, 1.54) is 103 Å². The number of aliphatic hydroxyl groups is 2. The number of unbranched alkanes of at least 4 members (excludes halogenated alkanes) is 17. The minimum Gasteiger partial charge on any atom is -0.498 e. The van der Waals surface area contributed by atoms with Gasteiger partial charge in [0.25, 0.3) is 0 Å². The summed E-state index contributed by atoms with van der Waals surface area (Å²) in [5, 5.41) is 20.8. The number of allylic oxidation sites excluding steroid dienone is 6. The number of carbonyl (C=O) groups excluding carboxylic acids is 1. The van der Waals surface area contributed by atoms with E-state index in [-0.39, 0.29) is 32.7 Å². The molecule has 0 aromatic rings. The third-order valence-electron chi connectivity index (χ3n) is 9.66. The topological polar surface area (TPSA) is 132 Å². The van der Waals surface area contributed by atoms with E-state index in [0.29, 0.717) is 23.9 Å². The third kappa shape index (κ3) is 40.8. The molecule has 0 bridgehead atoms. The van der Waals surface area contributed by atoms with Crippen molar-refractivity contribution >= 4 is 13.8 Å². The second-order valence-electron chi connectivity index (χ2n) is 16.5. The standard InChI is InChI=1S/C46H86NO9P/c1-6-8-10-12-14-16-18-20-21-22-23-25-27-29-31-33-39-53-41-43(42-55-57(51,52)54-40-38-47(3,4)5)56-46(50)37-34-36-45(49)44(48)35-32-30-28-26-24-19-17-15-13-11-9-7-2/h15,17,24,26,30,32-33,39,43-45,48-49H,6-14,16,18-23,25,27-29,31,34-38,40-42H2,1-5H3/p+1/b17-15-,26-24-,32-30-,39-33+/t43-,44?,45?/m1/s1. The maximum Gasteiger partial charge on any atom is 0.472 e. The molecule has 0 rings (SSSR count). The van der Waals surface area contributed by atoms with Crippen LogP contribution >= 0.6 is 7.82 Å². The molecule has 0 aliphatic carbocycles. The van der Waals surface area contributed by atoms with Gasteiger partial charge in [-0.1, -0.05) is 147 Å². The molecule has 10 nitrogen and oxygen atoms in total. The molecule has 0 aromatic heterocycles. The van der Waals surface area contributed by atoms with E-state index in [1.54, 1.807) is 6.26 Å². The van der Waals surface area contributed by atoms with E-state index in [0.717, 1.165) is 32.1 Å². The van der Waals surface area contributed by atoms with Gasteiger partial charge in [-0.05, 0) is 63.9 Å². The van der Waals surface area contributed by atoms with Gasteiger partial charge in [-0.3, -0.25) is 13.8 Å². The SMILES string of the molecule is CCCCC/C=C\C/C=C\C/C=C\CC(O)C(O)CCCC(=O)O[C@H](CO/C=C/CCCCCCCCCCCCCCCC)COP(=O)(O)OCC[N+](C)(C)C. The van der Waals surface area contributed by atoms with Crippen LogP contribution in [0.1, 0.15) is 174 Å². The molecule has 3 N–H and O–H groups in total. The molecule has 0 fully saturated rings. The minimum atomic E-state index is -4.37. The predicted octanol–water partition coefficient (Wildman–Crippen LogP) is 11.5. The first-order valence-corrected chi connectivity index (χ1v) is 24.1. The van der Waals surface area contributed by atoms with Gasteiger partial charge in [-0.25, -0.2) is 4.57 Å². The Morgan fingerprint density at radius 2 is 1.14 bits per heavy atom. The second-order valence-corrected chi connectivity index (χ2v) is 17.9. The van der Waals surface area contributed by atoms with Crippen molar-refractivity contribution in [1.82, 2.24) is 0 Å². The van der Waals surface area contributed by atoms with E-state index in [9.17, 15) is 24.5 Å². The highest BCUT2D eigenvalue weighted by atomic mass is 31.2. The molecule has 0 saturated heterocycles. The highest BCUT2D eigenvalue weighted by Crippen LogP contribution is 2.43. The highest BCUT2D eigenvalue weighted by molar-refractivity contribution is 7.47. The first kappa shape index (κ1) is 55.2. The van der Waals surface area contributed by atoms with Gasteiger partial charge in [-0.2, -0.15) is 0 Å². The Morgan fingerprint density at radius 3 is 1.74 bits per heavy atom. The van der Waals surface area contributed by atoms with E-state index in [4.69, 9.17) is 18.5 Å². The number of quaternary nitrogens is 1. The number of aliphatic hydroxyl groups excluding tert-OH is 2. The zero-order valence-electron chi connectivity index (χ0n) is 37.0. The van der Waals surface area contributed by atoms with Crippen LogP contribution in [-0.2, 0) is 27.9 Å². The van der Waals surface area contributed by atoms with Crippen molar-refractivity contribution in [2.24, 2.45) is 0 Å². The molecular formula is C46H87NO9P+. The van der Waals surface area contributed by atoms with E-state index in [2.05, 4.69) is 38.2 Å². The van der Waals surface area contributed by atoms with Crippen LogP contribution in [0.4, 0.5) is 0 Å². The summed E-state index contributed by atoms with van der Waals surface area (Å²) in [5.74, 6) is -0.554. The largest absolute Gasteiger partial charge is 0.498 e. The van der Waals surface area contributed by atoms with Crippen molar-refractivity contribution < 1.29 is 47.5 Å². The number of hydrogen-bond acceptors (Lipinski definition) is 8. The third-order valence-corrected chi connectivity index (χ3v) is 10.6. The van der Waals surface area contributed by atoms with Crippen LogP contribution in [0.25, 0.3) is 0 Å². The summed E-state index contributed by atoms with van der Waals surface area (Å²) in [4.78, 5) is 22.9. The quantitative estimate of drug-likeness (QED) is 0.0138. The van der Waals surface area contributed by atoms with Crippen molar-refractivity contribution in [1.29, 1.82) is 0 Å². The lowest BCUT2D eigenvalue weighted by Gasteiger charge is -2.24. The number of hydrogen-bond donors (Lipinski definition) is 3. The Bertz CT molecular complexity index is 1090. The van der Waals surface area contributed by atoms with Crippen LogP contribution in [0.15, 0.2) is 48.8 Å². The summed E-state index contributed by atoms with van der Waals surface area (Å²) in [6, 6.07) is 0. The molecule has 0 heterocycles. The summed E-state index contributed by atoms with van der Waals surface area (Å²) in [6.45, 7) is 4.56. The molecule has 11 heteroatoms. The lowest BCUT2D eigenvalue weighted by molar-refractivity contribution is -0.870. The van der Waals surface area contributed by atoms with Gasteiger partial charge < -0.3 is 29.1 Å². The van der Waals surface area contributed by atoms with Gasteiger partial charge in [-0.15, -0.1) is 0 Å². The average Bonchev–Trinajstić information content (AvgIpc) is 3.16. The number of carbonyl (C=O) groups is 1. The fraction of sp³-hybridized carbons (Fsp3) is 0.804. The van der Waals surface area contributed by atoms with Crippen molar-refractivity contribution in [3.05, 3.63) is 48.8 Å². The van der Waals surface area contributed by atoms with Crippen LogP contribution in [0.2, 0.25) is 0 Å². The monoisotopic (exact) mass is 829 g/mol. The zero-order chi connectivity index (χ0) is 42.3. The molecule has 0 aliphatic rings. The lowest BCUT2D eigenvalue weighted by Crippen LogP contribution is -2.37. The van der Waals surface area contributed by atoms with Crippen molar-refractivity contribution in [2.45, 2.75) is 193 Å². The normalized spacial score (nSPS) is 15.2. The Labute approximate surface area is 349 Å². The Morgan fingerprint density at radius 1 is 0.632 bits per heavy atom. The van der Waals surface area contributed by atoms with E-state index in [1.807, 2.05) is 39.4 Å². The van der Waals surface area contributed by atoms with Crippen molar-refractivity contribution in [2.75, 3.05) is 47.5 Å². The van der Waals surface area contributed by atoms with Crippen LogP contribution in [-0.4, -0.2) is 91.4 Å². The number of phosphoric ester groups is 1.